The molecular formula is C30H38N2O5. The van der Waals surface area contributed by atoms with Crippen molar-refractivity contribution in [3.05, 3.63) is 77.9 Å². The van der Waals surface area contributed by atoms with Gasteiger partial charge in [-0.05, 0) is 92.5 Å². The molecule has 1 saturated carbocycles. The Labute approximate surface area is 219 Å². The minimum absolute atomic E-state index is 0.0786. The molecular weight excluding hydrogens is 468 g/mol. The van der Waals surface area contributed by atoms with Gasteiger partial charge in [0.2, 0.25) is 0 Å². The third kappa shape index (κ3) is 9.77. The molecule has 2 aromatic rings. The number of anilines is 2. The molecule has 0 bridgehead atoms. The van der Waals surface area contributed by atoms with E-state index in [4.69, 9.17) is 25.7 Å². The Kier molecular flexibility index (Phi) is 11.2. The summed E-state index contributed by atoms with van der Waals surface area (Å²) in [6.45, 7) is 4.71. The quantitative estimate of drug-likeness (QED) is 0.121. The molecule has 0 aliphatic heterocycles. The molecule has 0 heterocycles. The molecule has 7 heteroatoms. The topological polar surface area (TPSA) is 114 Å². The second kappa shape index (κ2) is 14.9. The zero-order valence-corrected chi connectivity index (χ0v) is 21.4. The average Bonchev–Trinajstić information content (AvgIpc) is 2.90. The van der Waals surface area contributed by atoms with E-state index in [-0.39, 0.29) is 24.8 Å². The number of ether oxygens (including phenoxy) is 3. The molecule has 4 N–H and O–H groups in total. The summed E-state index contributed by atoms with van der Waals surface area (Å²) < 4.78 is 16.9. The van der Waals surface area contributed by atoms with Crippen molar-refractivity contribution in [3.8, 4) is 0 Å². The molecule has 1 aliphatic carbocycles. The predicted molar refractivity (Wildman–Crippen MR) is 147 cm³/mol. The lowest BCUT2D eigenvalue weighted by Crippen LogP contribution is -2.28. The van der Waals surface area contributed by atoms with E-state index < -0.39 is 5.97 Å². The number of carbonyl (C=O) groups is 2. The van der Waals surface area contributed by atoms with Gasteiger partial charge in [-0.3, -0.25) is 0 Å². The zero-order valence-electron chi connectivity index (χ0n) is 21.4. The number of allylic oxidation sites excluding steroid dienone is 1. The lowest BCUT2D eigenvalue weighted by atomic mass is 9.95. The normalized spacial score (nSPS) is 17.4. The first kappa shape index (κ1) is 28.0. The first-order valence-electron chi connectivity index (χ1n) is 13.0. The van der Waals surface area contributed by atoms with Gasteiger partial charge < -0.3 is 25.7 Å². The lowest BCUT2D eigenvalue weighted by molar-refractivity contribution is -0.137. The monoisotopic (exact) mass is 506 g/mol. The molecule has 1 fully saturated rings. The molecule has 0 radical (unpaired) electrons. The van der Waals surface area contributed by atoms with Crippen LogP contribution in [-0.2, 0) is 25.4 Å². The first-order chi connectivity index (χ1) is 17.9. The van der Waals surface area contributed by atoms with E-state index in [1.54, 1.807) is 48.5 Å². The Morgan fingerprint density at radius 2 is 1.68 bits per heavy atom. The average molecular weight is 507 g/mol. The van der Waals surface area contributed by atoms with Crippen molar-refractivity contribution in [1.29, 1.82) is 0 Å². The van der Waals surface area contributed by atoms with Crippen LogP contribution in [0.15, 0.2) is 61.2 Å². The van der Waals surface area contributed by atoms with E-state index >= 15 is 0 Å². The molecule has 198 valence electrons. The Hall–Kier alpha value is -3.58. The summed E-state index contributed by atoms with van der Waals surface area (Å²) >= 11 is 0. The van der Waals surface area contributed by atoms with Gasteiger partial charge in [0.1, 0.15) is 6.10 Å². The minimum atomic E-state index is -0.456. The highest BCUT2D eigenvalue weighted by atomic mass is 16.5. The number of esters is 2. The molecule has 0 aromatic heterocycles. The standard InChI is InChI=1S/C30H38N2O5/c1-2-3-4-5-19-35-26-12-14-27(15-13-26)37-30(34)23-9-6-22(7-10-23)8-17-29(33)36-20-18-24-21-25(31)11-16-28(24)32/h2,6-11,16-17,21,26-27H,1,3-5,12-15,18-20,31-32H2/b17-8+. The van der Waals surface area contributed by atoms with Crippen molar-refractivity contribution in [1.82, 2.24) is 0 Å². The molecule has 0 atom stereocenters. The summed E-state index contributed by atoms with van der Waals surface area (Å²) in [5, 5.41) is 0. The SMILES string of the molecule is C=CCCCCOC1CCC(OC(=O)c2ccc(/C=C/C(=O)OCCc3cc(N)ccc3N)cc2)CC1. The maximum atomic E-state index is 12.6. The fourth-order valence-corrected chi connectivity index (χ4v) is 4.22. The molecule has 0 spiro atoms. The summed E-state index contributed by atoms with van der Waals surface area (Å²) in [6.07, 6.45) is 12.2. The summed E-state index contributed by atoms with van der Waals surface area (Å²) in [5.41, 5.74) is 15.0. The summed E-state index contributed by atoms with van der Waals surface area (Å²) in [5.74, 6) is -0.785. The van der Waals surface area contributed by atoms with Gasteiger partial charge in [0.05, 0.1) is 18.3 Å². The molecule has 3 rings (SSSR count). The number of carbonyl (C=O) groups excluding carboxylic acids is 2. The van der Waals surface area contributed by atoms with E-state index in [2.05, 4.69) is 6.58 Å². The van der Waals surface area contributed by atoms with Crippen LogP contribution in [0.5, 0.6) is 0 Å². The highest BCUT2D eigenvalue weighted by Crippen LogP contribution is 2.25. The number of rotatable bonds is 13. The maximum absolute atomic E-state index is 12.6. The number of hydrogen-bond donors (Lipinski definition) is 2. The van der Waals surface area contributed by atoms with Gasteiger partial charge in [0.15, 0.2) is 0 Å². The van der Waals surface area contributed by atoms with Gasteiger partial charge in [-0.25, -0.2) is 9.59 Å². The summed E-state index contributed by atoms with van der Waals surface area (Å²) in [6, 6.07) is 12.2. The van der Waals surface area contributed by atoms with Crippen LogP contribution in [0.1, 0.15) is 66.4 Å². The number of nitrogens with two attached hydrogens (primary N) is 2. The van der Waals surface area contributed by atoms with Crippen molar-refractivity contribution >= 4 is 29.4 Å². The van der Waals surface area contributed by atoms with Crippen LogP contribution in [-0.4, -0.2) is 37.4 Å². The fourth-order valence-electron chi connectivity index (χ4n) is 4.22. The van der Waals surface area contributed by atoms with E-state index in [1.165, 1.54) is 6.08 Å². The summed E-state index contributed by atoms with van der Waals surface area (Å²) in [4.78, 5) is 24.6. The molecule has 0 amide bonds. The van der Waals surface area contributed by atoms with Gasteiger partial charge in [0.25, 0.3) is 0 Å². The smallest absolute Gasteiger partial charge is 0.338 e. The molecule has 0 unspecified atom stereocenters. The Morgan fingerprint density at radius 3 is 2.41 bits per heavy atom. The van der Waals surface area contributed by atoms with Crippen LogP contribution in [0.25, 0.3) is 6.08 Å². The van der Waals surface area contributed by atoms with E-state index in [1.807, 2.05) is 6.08 Å². The van der Waals surface area contributed by atoms with Crippen molar-refractivity contribution in [2.24, 2.45) is 0 Å². The van der Waals surface area contributed by atoms with Gasteiger partial charge in [-0.15, -0.1) is 6.58 Å². The number of unbranched alkanes of at least 4 members (excludes halogenated alkanes) is 2. The molecule has 2 aromatic carbocycles. The molecule has 0 saturated heterocycles. The maximum Gasteiger partial charge on any atom is 0.338 e. The van der Waals surface area contributed by atoms with Crippen LogP contribution in [0.4, 0.5) is 11.4 Å². The van der Waals surface area contributed by atoms with Crippen LogP contribution in [0.3, 0.4) is 0 Å². The van der Waals surface area contributed by atoms with Gasteiger partial charge >= 0.3 is 11.9 Å². The van der Waals surface area contributed by atoms with E-state index in [9.17, 15) is 9.59 Å². The van der Waals surface area contributed by atoms with E-state index in [0.717, 1.165) is 62.7 Å². The van der Waals surface area contributed by atoms with Crippen molar-refractivity contribution in [2.75, 3.05) is 24.7 Å². The first-order valence-corrected chi connectivity index (χ1v) is 13.0. The lowest BCUT2D eigenvalue weighted by Gasteiger charge is -2.28. The Morgan fingerprint density at radius 1 is 0.946 bits per heavy atom. The van der Waals surface area contributed by atoms with Crippen LogP contribution >= 0.6 is 0 Å². The van der Waals surface area contributed by atoms with Crippen molar-refractivity contribution < 1.29 is 23.8 Å². The molecule has 7 nitrogen and oxygen atoms in total. The van der Waals surface area contributed by atoms with Gasteiger partial charge in [-0.2, -0.15) is 0 Å². The van der Waals surface area contributed by atoms with Crippen LogP contribution < -0.4 is 11.5 Å². The molecule has 1 aliphatic rings. The number of nitrogen functional groups attached to an aromatic ring is 2. The van der Waals surface area contributed by atoms with Crippen molar-refractivity contribution in [3.63, 3.8) is 0 Å². The zero-order chi connectivity index (χ0) is 26.5. The Bertz CT molecular complexity index is 1060. The second-order valence-electron chi connectivity index (χ2n) is 9.29. The third-order valence-corrected chi connectivity index (χ3v) is 6.39. The van der Waals surface area contributed by atoms with E-state index in [0.29, 0.717) is 23.4 Å². The minimum Gasteiger partial charge on any atom is -0.462 e. The Balaban J connectivity index is 1.36. The van der Waals surface area contributed by atoms with Crippen molar-refractivity contribution in [2.45, 2.75) is 63.6 Å². The fraction of sp³-hybridized carbons (Fsp3) is 0.400. The highest BCUT2D eigenvalue weighted by Gasteiger charge is 2.24. The van der Waals surface area contributed by atoms with Crippen LogP contribution in [0.2, 0.25) is 0 Å². The molecule has 37 heavy (non-hydrogen) atoms. The number of hydrogen-bond acceptors (Lipinski definition) is 7. The summed E-state index contributed by atoms with van der Waals surface area (Å²) in [7, 11) is 0. The van der Waals surface area contributed by atoms with Crippen LogP contribution in [0, 0.1) is 0 Å². The third-order valence-electron chi connectivity index (χ3n) is 6.39. The van der Waals surface area contributed by atoms with Gasteiger partial charge in [0, 0.05) is 30.5 Å². The second-order valence-corrected chi connectivity index (χ2v) is 9.29. The highest BCUT2D eigenvalue weighted by molar-refractivity contribution is 5.90. The number of benzene rings is 2. The predicted octanol–water partition coefficient (Wildman–Crippen LogP) is 5.49. The largest absolute Gasteiger partial charge is 0.462 e. The van der Waals surface area contributed by atoms with Gasteiger partial charge in [-0.1, -0.05) is 18.2 Å².